The largest absolute Gasteiger partial charge is 0.510 e. The van der Waals surface area contributed by atoms with Crippen molar-refractivity contribution in [1.29, 1.82) is 0 Å². The number of nitrogens with zero attached hydrogens (tertiary/aromatic N) is 1. The van der Waals surface area contributed by atoms with Crippen molar-refractivity contribution in [3.8, 4) is 17.1 Å². The number of likely N-dealkylation sites (N-methyl/N-ethyl adjacent to an activating group) is 1. The van der Waals surface area contributed by atoms with Crippen molar-refractivity contribution in [3.63, 3.8) is 0 Å². The van der Waals surface area contributed by atoms with E-state index in [1.165, 1.54) is 11.0 Å². The standard InChI is InChI=1S/C30H35N3O8/c1-13(2)32-12-14-6-9-19(41-14)15-7-8-18(34)20-16(15)10-29(3)11-17-23(33(4)5)25(36)21(28(31)39)26(37)30(17,40)27(38)22(29)24(20)35/h6-9,13,17,23,32,34,36,38,40H,10-12H2,1-5H3,(H2,31,39)/t17-,23+,29-,30+/m0/s1. The van der Waals surface area contributed by atoms with E-state index in [1.807, 2.05) is 19.9 Å². The number of aliphatic hydroxyl groups excluding tert-OH is 2. The summed E-state index contributed by atoms with van der Waals surface area (Å²) in [5.41, 5.74) is 1.54. The fourth-order valence-corrected chi connectivity index (χ4v) is 6.77. The second-order valence-corrected chi connectivity index (χ2v) is 12.0. The molecule has 1 aromatic carbocycles. The summed E-state index contributed by atoms with van der Waals surface area (Å²) < 4.78 is 6.07. The Hall–Kier alpha value is -3.93. The predicted molar refractivity (Wildman–Crippen MR) is 148 cm³/mol. The van der Waals surface area contributed by atoms with Crippen molar-refractivity contribution >= 4 is 17.5 Å². The number of fused-ring (bicyclic) bond motifs is 3. The molecule has 0 saturated carbocycles. The molecule has 1 heterocycles. The maximum Gasteiger partial charge on any atom is 0.255 e. The van der Waals surface area contributed by atoms with Crippen molar-refractivity contribution in [1.82, 2.24) is 10.2 Å². The average Bonchev–Trinajstić information content (AvgIpc) is 3.33. The van der Waals surface area contributed by atoms with E-state index in [9.17, 15) is 34.8 Å². The molecule has 218 valence electrons. The van der Waals surface area contributed by atoms with Crippen LogP contribution in [0, 0.1) is 11.3 Å². The molecule has 1 aromatic heterocycles. The fourth-order valence-electron chi connectivity index (χ4n) is 6.77. The van der Waals surface area contributed by atoms with Crippen LogP contribution in [0.2, 0.25) is 0 Å². The number of carbonyl (C=O) groups is 3. The molecule has 2 aromatic rings. The summed E-state index contributed by atoms with van der Waals surface area (Å²) >= 11 is 0. The fraction of sp³-hybridized carbons (Fsp3) is 0.433. The van der Waals surface area contributed by atoms with Crippen LogP contribution in [0.5, 0.6) is 5.75 Å². The zero-order valence-corrected chi connectivity index (χ0v) is 23.6. The lowest BCUT2D eigenvalue weighted by Gasteiger charge is -2.53. The molecule has 41 heavy (non-hydrogen) atoms. The van der Waals surface area contributed by atoms with Crippen molar-refractivity contribution in [2.24, 2.45) is 17.1 Å². The lowest BCUT2D eigenvalue weighted by atomic mass is 9.53. The Morgan fingerprint density at radius 1 is 1.17 bits per heavy atom. The van der Waals surface area contributed by atoms with E-state index in [-0.39, 0.29) is 35.8 Å². The Morgan fingerprint density at radius 3 is 2.46 bits per heavy atom. The predicted octanol–water partition coefficient (Wildman–Crippen LogP) is 2.27. The van der Waals surface area contributed by atoms with E-state index in [1.54, 1.807) is 33.2 Å². The molecule has 5 rings (SSSR count). The molecule has 3 aliphatic carbocycles. The molecule has 3 aliphatic rings. The Bertz CT molecular complexity index is 1550. The molecule has 0 unspecified atom stereocenters. The first-order valence-electron chi connectivity index (χ1n) is 13.5. The molecule has 0 radical (unpaired) electrons. The molecular formula is C30H35N3O8. The van der Waals surface area contributed by atoms with E-state index in [4.69, 9.17) is 10.2 Å². The van der Waals surface area contributed by atoms with Crippen LogP contribution in [0.15, 0.2) is 51.3 Å². The normalized spacial score (nSPS) is 27.8. The van der Waals surface area contributed by atoms with Crippen LogP contribution >= 0.6 is 0 Å². The molecule has 0 bridgehead atoms. The number of phenolic OH excluding ortho intramolecular Hbond substituents is 1. The molecule has 0 fully saturated rings. The van der Waals surface area contributed by atoms with Gasteiger partial charge in [-0.3, -0.25) is 19.3 Å². The maximum atomic E-state index is 14.1. The minimum Gasteiger partial charge on any atom is -0.510 e. The Balaban J connectivity index is 1.69. The highest BCUT2D eigenvalue weighted by molar-refractivity contribution is 6.25. The Morgan fingerprint density at radius 2 is 1.85 bits per heavy atom. The first-order valence-corrected chi connectivity index (χ1v) is 13.5. The van der Waals surface area contributed by atoms with Gasteiger partial charge in [0.1, 0.15) is 34.4 Å². The average molecular weight is 566 g/mol. The number of rotatable bonds is 6. The number of Topliss-reactive ketones (excluding diaryl/α,β-unsaturated/α-hetero) is 2. The zero-order valence-electron chi connectivity index (χ0n) is 23.6. The van der Waals surface area contributed by atoms with Crippen LogP contribution in [0.1, 0.15) is 48.9 Å². The van der Waals surface area contributed by atoms with E-state index >= 15 is 0 Å². The first kappa shape index (κ1) is 28.6. The molecular weight excluding hydrogens is 530 g/mol. The van der Waals surface area contributed by atoms with E-state index in [0.29, 0.717) is 29.2 Å². The van der Waals surface area contributed by atoms with Gasteiger partial charge in [0.2, 0.25) is 5.78 Å². The van der Waals surface area contributed by atoms with Crippen LogP contribution < -0.4 is 11.1 Å². The number of allylic oxidation sites excluding steroid dienone is 1. The van der Waals surface area contributed by atoms with E-state index < -0.39 is 57.5 Å². The molecule has 0 aliphatic heterocycles. The monoisotopic (exact) mass is 565 g/mol. The number of nitrogens with one attached hydrogen (secondary N) is 1. The van der Waals surface area contributed by atoms with Gasteiger partial charge in [-0.05, 0) is 56.8 Å². The number of phenols is 1. The highest BCUT2D eigenvalue weighted by atomic mass is 16.4. The zero-order chi connectivity index (χ0) is 30.2. The molecule has 7 N–H and O–H groups in total. The van der Waals surface area contributed by atoms with Gasteiger partial charge in [-0.15, -0.1) is 0 Å². The quantitative estimate of drug-likeness (QED) is 0.284. The summed E-state index contributed by atoms with van der Waals surface area (Å²) in [6.07, 6.45) is 0.126. The summed E-state index contributed by atoms with van der Waals surface area (Å²) in [5.74, 6) is -5.06. The molecule has 4 atom stereocenters. The van der Waals surface area contributed by atoms with Gasteiger partial charge in [-0.25, -0.2) is 0 Å². The summed E-state index contributed by atoms with van der Waals surface area (Å²) in [5, 5.41) is 48.5. The topological polar surface area (TPSA) is 187 Å². The van der Waals surface area contributed by atoms with Gasteiger partial charge >= 0.3 is 0 Å². The number of primary amides is 1. The van der Waals surface area contributed by atoms with Gasteiger partial charge in [0.25, 0.3) is 5.91 Å². The number of aromatic hydroxyl groups is 1. The number of nitrogens with two attached hydrogens (primary N) is 1. The highest BCUT2D eigenvalue weighted by Crippen LogP contribution is 2.58. The highest BCUT2D eigenvalue weighted by Gasteiger charge is 2.65. The number of aliphatic hydroxyl groups is 3. The van der Waals surface area contributed by atoms with Crippen molar-refractivity contribution in [2.75, 3.05) is 14.1 Å². The van der Waals surface area contributed by atoms with Gasteiger partial charge in [-0.2, -0.15) is 0 Å². The summed E-state index contributed by atoms with van der Waals surface area (Å²) in [4.78, 5) is 41.3. The van der Waals surface area contributed by atoms with Gasteiger partial charge in [0.15, 0.2) is 11.4 Å². The lowest BCUT2D eigenvalue weighted by molar-refractivity contribution is -0.150. The SMILES string of the molecule is CC(C)NCc1ccc(-c2ccc(O)c3c2C[C@@]2(C)C[C@H]4[C@@H](N(C)C)C(O)=C(C(N)=O)C(=O)[C@@]4(O)C(O)=C2C3=O)o1. The third-order valence-corrected chi connectivity index (χ3v) is 8.63. The van der Waals surface area contributed by atoms with Crippen LogP contribution in [0.25, 0.3) is 11.3 Å². The number of carbonyl (C=O) groups excluding carboxylic acids is 3. The summed E-state index contributed by atoms with van der Waals surface area (Å²) in [6, 6.07) is 5.82. The smallest absolute Gasteiger partial charge is 0.255 e. The van der Waals surface area contributed by atoms with Crippen LogP contribution in [0.3, 0.4) is 0 Å². The number of hydrogen-bond donors (Lipinski definition) is 6. The second kappa shape index (κ2) is 9.57. The number of amides is 1. The van der Waals surface area contributed by atoms with Crippen LogP contribution in [-0.2, 0) is 22.6 Å². The molecule has 11 heteroatoms. The second-order valence-electron chi connectivity index (χ2n) is 12.0. The Labute approximate surface area is 236 Å². The third-order valence-electron chi connectivity index (χ3n) is 8.63. The van der Waals surface area contributed by atoms with Gasteiger partial charge in [-0.1, -0.05) is 20.8 Å². The number of ketones is 2. The van der Waals surface area contributed by atoms with Gasteiger partial charge in [0, 0.05) is 28.5 Å². The summed E-state index contributed by atoms with van der Waals surface area (Å²) in [6.45, 7) is 6.26. The Kier molecular flexibility index (Phi) is 6.68. The number of benzene rings is 1. The lowest BCUT2D eigenvalue weighted by Crippen LogP contribution is -2.65. The molecule has 0 saturated heterocycles. The van der Waals surface area contributed by atoms with Crippen molar-refractivity contribution < 1.29 is 39.2 Å². The van der Waals surface area contributed by atoms with Crippen LogP contribution in [0.4, 0.5) is 0 Å². The first-order chi connectivity index (χ1) is 19.1. The van der Waals surface area contributed by atoms with E-state index in [2.05, 4.69) is 5.32 Å². The van der Waals surface area contributed by atoms with Crippen molar-refractivity contribution in [2.45, 2.75) is 57.8 Å². The number of hydrogen-bond acceptors (Lipinski definition) is 10. The third kappa shape index (κ3) is 4.10. The molecule has 0 spiro atoms. The van der Waals surface area contributed by atoms with Crippen molar-refractivity contribution in [3.05, 3.63) is 63.8 Å². The maximum absolute atomic E-state index is 14.1. The van der Waals surface area contributed by atoms with E-state index in [0.717, 1.165) is 0 Å². The van der Waals surface area contributed by atoms with Gasteiger partial charge < -0.3 is 35.9 Å². The minimum absolute atomic E-state index is 0.0183. The molecule has 11 nitrogen and oxygen atoms in total. The van der Waals surface area contributed by atoms with Crippen LogP contribution in [-0.4, -0.2) is 74.6 Å². The van der Waals surface area contributed by atoms with Gasteiger partial charge in [0.05, 0.1) is 18.2 Å². The number of furan rings is 1. The minimum atomic E-state index is -2.69. The molecule has 1 amide bonds. The summed E-state index contributed by atoms with van der Waals surface area (Å²) in [7, 11) is 3.18.